The van der Waals surface area contributed by atoms with Gasteiger partial charge in [0.2, 0.25) is 5.58 Å². The molecule has 7 heteroatoms. The molecule has 120 valence electrons. The molecule has 0 saturated carbocycles. The third kappa shape index (κ3) is 4.32. The highest BCUT2D eigenvalue weighted by Gasteiger charge is 2.21. The van der Waals surface area contributed by atoms with Gasteiger partial charge < -0.3 is 9.15 Å². The Kier molecular flexibility index (Phi) is 5.20. The summed E-state index contributed by atoms with van der Waals surface area (Å²) >= 11 is 0. The lowest BCUT2D eigenvalue weighted by molar-refractivity contribution is -0.677. The first-order valence-electron chi connectivity index (χ1n) is 7.08. The van der Waals surface area contributed by atoms with E-state index < -0.39 is 10.1 Å². The number of hydrogen-bond acceptors (Lipinski definition) is 4. The molecule has 0 unspecified atom stereocenters. The standard InChI is InChI=1S/C15H19NO5S/c1-3-20-12(2)11-15-16(9-6-10-22(17,18)19)13-7-4-5-8-14(13)21-15/h4-5,7-8,11H,3,6,9-10H2,1-2H3/p+1/b12-11-. The van der Waals surface area contributed by atoms with Gasteiger partial charge in [-0.05, 0) is 19.9 Å². The number of aromatic nitrogens is 1. The van der Waals surface area contributed by atoms with Gasteiger partial charge in [0, 0.05) is 12.5 Å². The molecule has 1 aromatic heterocycles. The van der Waals surface area contributed by atoms with E-state index in [1.54, 1.807) is 6.08 Å². The fourth-order valence-electron chi connectivity index (χ4n) is 2.24. The maximum Gasteiger partial charge on any atom is 0.377 e. The predicted octanol–water partition coefficient (Wildman–Crippen LogP) is 2.40. The van der Waals surface area contributed by atoms with Gasteiger partial charge in [-0.3, -0.25) is 4.55 Å². The van der Waals surface area contributed by atoms with E-state index in [1.807, 2.05) is 42.7 Å². The summed E-state index contributed by atoms with van der Waals surface area (Å²) in [5, 5.41) is 0. The van der Waals surface area contributed by atoms with Crippen molar-refractivity contribution in [3.05, 3.63) is 35.9 Å². The van der Waals surface area contributed by atoms with E-state index in [1.165, 1.54) is 0 Å². The second-order valence-electron chi connectivity index (χ2n) is 4.89. The molecule has 0 saturated heterocycles. The van der Waals surface area contributed by atoms with Crippen molar-refractivity contribution in [1.29, 1.82) is 0 Å². The monoisotopic (exact) mass is 326 g/mol. The fourth-order valence-corrected chi connectivity index (χ4v) is 2.73. The number of ether oxygens (including phenoxy) is 1. The summed E-state index contributed by atoms with van der Waals surface area (Å²) in [4.78, 5) is 0. The van der Waals surface area contributed by atoms with E-state index in [2.05, 4.69) is 0 Å². The molecule has 2 aromatic rings. The van der Waals surface area contributed by atoms with Crippen LogP contribution in [0.5, 0.6) is 0 Å². The Morgan fingerprint density at radius 2 is 2.14 bits per heavy atom. The number of fused-ring (bicyclic) bond motifs is 1. The minimum atomic E-state index is -3.96. The molecule has 0 atom stereocenters. The summed E-state index contributed by atoms with van der Waals surface area (Å²) in [5.41, 5.74) is 1.58. The molecule has 0 amide bonds. The smallest absolute Gasteiger partial charge is 0.377 e. The molecule has 0 bridgehead atoms. The van der Waals surface area contributed by atoms with Crippen LogP contribution < -0.4 is 4.57 Å². The summed E-state index contributed by atoms with van der Waals surface area (Å²) in [5.74, 6) is 1.01. The molecule has 1 heterocycles. The Morgan fingerprint density at radius 3 is 2.82 bits per heavy atom. The van der Waals surface area contributed by atoms with E-state index in [-0.39, 0.29) is 5.75 Å². The van der Waals surface area contributed by atoms with Gasteiger partial charge in [0.15, 0.2) is 6.54 Å². The molecule has 1 aromatic carbocycles. The van der Waals surface area contributed by atoms with Crippen LogP contribution in [0.15, 0.2) is 34.4 Å². The zero-order valence-electron chi connectivity index (χ0n) is 12.7. The van der Waals surface area contributed by atoms with E-state index in [4.69, 9.17) is 13.7 Å². The SMILES string of the molecule is CCO/C(C)=C\c1oc2ccccc2[n+]1CCCS(=O)(=O)O. The van der Waals surface area contributed by atoms with Crippen molar-refractivity contribution in [2.24, 2.45) is 0 Å². The van der Waals surface area contributed by atoms with Gasteiger partial charge in [0.05, 0.1) is 18.4 Å². The molecule has 2 rings (SSSR count). The highest BCUT2D eigenvalue weighted by Crippen LogP contribution is 2.16. The second-order valence-corrected chi connectivity index (χ2v) is 6.46. The van der Waals surface area contributed by atoms with Crippen molar-refractivity contribution in [3.8, 4) is 0 Å². The van der Waals surface area contributed by atoms with Gasteiger partial charge in [-0.1, -0.05) is 12.1 Å². The van der Waals surface area contributed by atoms with Crippen molar-refractivity contribution in [2.45, 2.75) is 26.8 Å². The molecule has 6 nitrogen and oxygen atoms in total. The Hall–Kier alpha value is -1.86. The first kappa shape index (κ1) is 16.5. The molecular formula is C15H20NO5S+. The van der Waals surface area contributed by atoms with Crippen LogP contribution in [0.2, 0.25) is 0 Å². The lowest BCUT2D eigenvalue weighted by Crippen LogP contribution is -2.36. The lowest BCUT2D eigenvalue weighted by Gasteiger charge is -2.00. The molecule has 0 fully saturated rings. The lowest BCUT2D eigenvalue weighted by atomic mass is 10.3. The number of aryl methyl sites for hydroxylation is 1. The van der Waals surface area contributed by atoms with Crippen LogP contribution in [0.4, 0.5) is 0 Å². The maximum atomic E-state index is 10.9. The van der Waals surface area contributed by atoms with Crippen LogP contribution in [0.1, 0.15) is 26.2 Å². The Balaban J connectivity index is 2.34. The number of rotatable bonds is 7. The van der Waals surface area contributed by atoms with Crippen molar-refractivity contribution >= 4 is 27.3 Å². The summed E-state index contributed by atoms with van der Waals surface area (Å²) in [7, 11) is -3.96. The molecule has 0 aliphatic rings. The molecule has 0 radical (unpaired) electrons. The van der Waals surface area contributed by atoms with Gasteiger partial charge in [0.1, 0.15) is 5.76 Å². The largest absolute Gasteiger partial charge is 0.498 e. The average Bonchev–Trinajstić information content (AvgIpc) is 2.76. The van der Waals surface area contributed by atoms with Crippen molar-refractivity contribution in [3.63, 3.8) is 0 Å². The van der Waals surface area contributed by atoms with Crippen LogP contribution in [-0.4, -0.2) is 25.3 Å². The normalized spacial score (nSPS) is 12.8. The highest BCUT2D eigenvalue weighted by molar-refractivity contribution is 7.85. The number of para-hydroxylation sites is 2. The molecule has 22 heavy (non-hydrogen) atoms. The number of oxazole rings is 1. The van der Waals surface area contributed by atoms with Crippen LogP contribution >= 0.6 is 0 Å². The van der Waals surface area contributed by atoms with Crippen LogP contribution in [-0.2, 0) is 21.4 Å². The molecule has 0 aliphatic heterocycles. The van der Waals surface area contributed by atoms with E-state index in [0.717, 1.165) is 5.52 Å². The van der Waals surface area contributed by atoms with Gasteiger partial charge in [-0.2, -0.15) is 13.0 Å². The Morgan fingerprint density at radius 1 is 1.41 bits per heavy atom. The first-order valence-corrected chi connectivity index (χ1v) is 8.69. The summed E-state index contributed by atoms with van der Waals surface area (Å²) in [6, 6.07) is 7.51. The zero-order chi connectivity index (χ0) is 16.2. The Labute approximate surface area is 129 Å². The summed E-state index contributed by atoms with van der Waals surface area (Å²) < 4.78 is 43.7. The average molecular weight is 326 g/mol. The third-order valence-electron chi connectivity index (χ3n) is 3.12. The minimum absolute atomic E-state index is 0.285. The second kappa shape index (κ2) is 6.93. The number of benzene rings is 1. The van der Waals surface area contributed by atoms with Gasteiger partial charge in [-0.25, -0.2) is 0 Å². The third-order valence-corrected chi connectivity index (χ3v) is 3.92. The van der Waals surface area contributed by atoms with Crippen molar-refractivity contribution < 1.29 is 26.7 Å². The van der Waals surface area contributed by atoms with E-state index >= 15 is 0 Å². The van der Waals surface area contributed by atoms with E-state index in [0.29, 0.717) is 36.8 Å². The first-order chi connectivity index (χ1) is 10.4. The predicted molar refractivity (Wildman–Crippen MR) is 82.7 cm³/mol. The zero-order valence-corrected chi connectivity index (χ0v) is 13.5. The molecular weight excluding hydrogens is 306 g/mol. The molecule has 1 N–H and O–H groups in total. The van der Waals surface area contributed by atoms with Crippen LogP contribution in [0.3, 0.4) is 0 Å². The van der Waals surface area contributed by atoms with E-state index in [9.17, 15) is 8.42 Å². The Bertz CT molecular complexity index is 776. The fraction of sp³-hybridized carbons (Fsp3) is 0.400. The quantitative estimate of drug-likeness (QED) is 0.480. The topological polar surface area (TPSA) is 80.6 Å². The van der Waals surface area contributed by atoms with Gasteiger partial charge in [0.25, 0.3) is 15.6 Å². The van der Waals surface area contributed by atoms with Crippen molar-refractivity contribution in [2.75, 3.05) is 12.4 Å². The van der Waals surface area contributed by atoms with Crippen LogP contribution in [0.25, 0.3) is 17.2 Å². The molecule has 0 spiro atoms. The molecule has 0 aliphatic carbocycles. The van der Waals surface area contributed by atoms with Gasteiger partial charge in [-0.15, -0.1) is 0 Å². The maximum absolute atomic E-state index is 10.9. The van der Waals surface area contributed by atoms with Crippen LogP contribution in [0, 0.1) is 0 Å². The minimum Gasteiger partial charge on any atom is -0.498 e. The van der Waals surface area contributed by atoms with Crippen molar-refractivity contribution in [1.82, 2.24) is 0 Å². The summed E-state index contributed by atoms with van der Waals surface area (Å²) in [6.07, 6.45) is 2.07. The summed E-state index contributed by atoms with van der Waals surface area (Å²) in [6.45, 7) is 4.71. The number of allylic oxidation sites excluding steroid dienone is 1. The highest BCUT2D eigenvalue weighted by atomic mass is 32.2. The number of hydrogen-bond donors (Lipinski definition) is 1. The number of nitrogens with zero attached hydrogens (tertiary/aromatic N) is 1. The van der Waals surface area contributed by atoms with Gasteiger partial charge >= 0.3 is 5.89 Å².